The molecule has 1 aromatic rings. The van der Waals surface area contributed by atoms with Crippen LogP contribution in [0.3, 0.4) is 0 Å². The third kappa shape index (κ3) is 5.89. The van der Waals surface area contributed by atoms with Crippen LogP contribution in [0.1, 0.15) is 18.9 Å². The number of halogens is 2. The van der Waals surface area contributed by atoms with Crippen LogP contribution in [0.2, 0.25) is 0 Å². The van der Waals surface area contributed by atoms with E-state index in [1.54, 1.807) is 6.07 Å². The minimum Gasteiger partial charge on any atom is -0.316 e. The number of benzene rings is 1. The first-order valence-electron chi connectivity index (χ1n) is 5.85. The largest absolute Gasteiger partial charge is 0.316 e. The molecule has 0 radical (unpaired) electrons. The molecule has 96 valence electrons. The molecule has 0 aromatic heterocycles. The van der Waals surface area contributed by atoms with Crippen molar-refractivity contribution in [3.63, 3.8) is 0 Å². The highest BCUT2D eigenvalue weighted by Gasteiger charge is 2.08. The molecule has 1 N–H and O–H groups in total. The van der Waals surface area contributed by atoms with Gasteiger partial charge in [0.1, 0.15) is 5.82 Å². The van der Waals surface area contributed by atoms with Crippen molar-refractivity contribution in [1.82, 2.24) is 5.32 Å². The Morgan fingerprint density at radius 1 is 1.41 bits per heavy atom. The second-order valence-corrected chi connectivity index (χ2v) is 6.11. The first-order valence-corrected chi connectivity index (χ1v) is 7.80. The zero-order valence-electron chi connectivity index (χ0n) is 10.3. The van der Waals surface area contributed by atoms with Crippen molar-refractivity contribution in [3.05, 3.63) is 34.1 Å². The summed E-state index contributed by atoms with van der Waals surface area (Å²) in [6, 6.07) is 5.49. The van der Waals surface area contributed by atoms with E-state index in [1.807, 2.05) is 24.9 Å². The van der Waals surface area contributed by atoms with Gasteiger partial charge in [-0.1, -0.05) is 22.9 Å². The molecule has 1 nitrogen and oxygen atoms in total. The topological polar surface area (TPSA) is 12.0 Å². The summed E-state index contributed by atoms with van der Waals surface area (Å²) in [4.78, 5) is 0. The van der Waals surface area contributed by atoms with E-state index in [1.165, 1.54) is 18.2 Å². The number of thioether (sulfide) groups is 1. The van der Waals surface area contributed by atoms with Crippen molar-refractivity contribution in [2.45, 2.75) is 25.8 Å². The van der Waals surface area contributed by atoms with E-state index in [4.69, 9.17) is 0 Å². The standard InChI is InChI=1S/C13H19BrFNS/c1-3-4-17-9-13(16-2)7-10-5-11(14)8-12(15)6-10/h5-6,8,13,16H,3-4,7,9H2,1-2H3. The smallest absolute Gasteiger partial charge is 0.124 e. The third-order valence-electron chi connectivity index (χ3n) is 2.48. The molecule has 0 amide bonds. The first kappa shape index (κ1) is 15.0. The molecule has 0 aliphatic rings. The Kier molecular flexibility index (Phi) is 7.16. The Morgan fingerprint density at radius 3 is 2.76 bits per heavy atom. The van der Waals surface area contributed by atoms with E-state index in [0.29, 0.717) is 6.04 Å². The maximum atomic E-state index is 13.2. The molecule has 0 aliphatic heterocycles. The summed E-state index contributed by atoms with van der Waals surface area (Å²) in [7, 11) is 1.96. The van der Waals surface area contributed by atoms with E-state index in [0.717, 1.165) is 22.2 Å². The lowest BCUT2D eigenvalue weighted by Crippen LogP contribution is -2.30. The van der Waals surface area contributed by atoms with Crippen molar-refractivity contribution < 1.29 is 4.39 Å². The summed E-state index contributed by atoms with van der Waals surface area (Å²) in [6.45, 7) is 2.19. The predicted octanol–water partition coefficient (Wildman–Crippen LogP) is 3.86. The van der Waals surface area contributed by atoms with Crippen LogP contribution in [-0.4, -0.2) is 24.6 Å². The molecule has 0 fully saturated rings. The van der Waals surface area contributed by atoms with Gasteiger partial charge in [-0.15, -0.1) is 0 Å². The number of hydrogen-bond donors (Lipinski definition) is 1. The highest BCUT2D eigenvalue weighted by Crippen LogP contribution is 2.17. The average molecular weight is 320 g/mol. The molecule has 0 aliphatic carbocycles. The van der Waals surface area contributed by atoms with Crippen molar-refractivity contribution in [2.75, 3.05) is 18.6 Å². The van der Waals surface area contributed by atoms with Crippen LogP contribution in [0.5, 0.6) is 0 Å². The molecule has 0 spiro atoms. The van der Waals surface area contributed by atoms with E-state index >= 15 is 0 Å². The van der Waals surface area contributed by atoms with Crippen molar-refractivity contribution in [2.24, 2.45) is 0 Å². The maximum absolute atomic E-state index is 13.2. The molecule has 4 heteroatoms. The summed E-state index contributed by atoms with van der Waals surface area (Å²) >= 11 is 5.27. The van der Waals surface area contributed by atoms with Crippen molar-refractivity contribution in [3.8, 4) is 0 Å². The minimum absolute atomic E-state index is 0.176. The summed E-state index contributed by atoms with van der Waals surface area (Å²) in [5.41, 5.74) is 1.04. The van der Waals surface area contributed by atoms with Crippen molar-refractivity contribution in [1.29, 1.82) is 0 Å². The maximum Gasteiger partial charge on any atom is 0.124 e. The van der Waals surface area contributed by atoms with E-state index in [-0.39, 0.29) is 5.82 Å². The van der Waals surface area contributed by atoms with Gasteiger partial charge >= 0.3 is 0 Å². The fourth-order valence-electron chi connectivity index (χ4n) is 1.63. The van der Waals surface area contributed by atoms with Gasteiger partial charge in [0.05, 0.1) is 0 Å². The summed E-state index contributed by atoms with van der Waals surface area (Å²) in [5, 5.41) is 3.29. The highest BCUT2D eigenvalue weighted by molar-refractivity contribution is 9.10. The number of nitrogens with one attached hydrogen (secondary N) is 1. The van der Waals surface area contributed by atoms with Gasteiger partial charge in [-0.05, 0) is 49.4 Å². The van der Waals surface area contributed by atoms with Gasteiger partial charge in [-0.3, -0.25) is 0 Å². The zero-order chi connectivity index (χ0) is 12.7. The van der Waals surface area contributed by atoms with Gasteiger partial charge < -0.3 is 5.32 Å². The third-order valence-corrected chi connectivity index (χ3v) is 4.27. The lowest BCUT2D eigenvalue weighted by molar-refractivity contribution is 0.602. The van der Waals surface area contributed by atoms with Crippen LogP contribution in [0.25, 0.3) is 0 Å². The summed E-state index contributed by atoms with van der Waals surface area (Å²) in [5.74, 6) is 2.08. The first-order chi connectivity index (χ1) is 8.15. The molecule has 0 heterocycles. The van der Waals surface area contributed by atoms with Crippen LogP contribution < -0.4 is 5.32 Å². The number of likely N-dealkylation sites (N-methyl/N-ethyl adjacent to an activating group) is 1. The van der Waals surface area contributed by atoms with Crippen LogP contribution in [0, 0.1) is 5.82 Å². The molecule has 1 rings (SSSR count). The van der Waals surface area contributed by atoms with Gasteiger partial charge in [0.2, 0.25) is 0 Å². The molecule has 17 heavy (non-hydrogen) atoms. The Balaban J connectivity index is 2.54. The second kappa shape index (κ2) is 8.11. The van der Waals surface area contributed by atoms with Gasteiger partial charge in [0.15, 0.2) is 0 Å². The predicted molar refractivity (Wildman–Crippen MR) is 78.3 cm³/mol. The summed E-state index contributed by atoms with van der Waals surface area (Å²) in [6.07, 6.45) is 2.07. The van der Waals surface area contributed by atoms with Crippen LogP contribution in [-0.2, 0) is 6.42 Å². The van der Waals surface area contributed by atoms with Crippen LogP contribution >= 0.6 is 27.7 Å². The molecule has 1 atom stereocenters. The number of hydrogen-bond acceptors (Lipinski definition) is 2. The Morgan fingerprint density at radius 2 is 2.18 bits per heavy atom. The lowest BCUT2D eigenvalue weighted by atomic mass is 10.1. The normalized spacial score (nSPS) is 12.7. The van der Waals surface area contributed by atoms with Gasteiger partial charge in [-0.25, -0.2) is 4.39 Å². The van der Waals surface area contributed by atoms with E-state index in [2.05, 4.69) is 28.2 Å². The van der Waals surface area contributed by atoms with E-state index in [9.17, 15) is 4.39 Å². The van der Waals surface area contributed by atoms with Crippen LogP contribution in [0.4, 0.5) is 4.39 Å². The lowest BCUT2D eigenvalue weighted by Gasteiger charge is -2.16. The van der Waals surface area contributed by atoms with Crippen molar-refractivity contribution >= 4 is 27.7 Å². The molecule has 0 saturated carbocycles. The highest BCUT2D eigenvalue weighted by atomic mass is 79.9. The Hall–Kier alpha value is -0.0600. The SMILES string of the molecule is CCCSCC(Cc1cc(F)cc(Br)c1)NC. The minimum atomic E-state index is -0.176. The average Bonchev–Trinajstić information content (AvgIpc) is 2.26. The van der Waals surface area contributed by atoms with Gasteiger partial charge in [-0.2, -0.15) is 11.8 Å². The monoisotopic (exact) mass is 319 g/mol. The fourth-order valence-corrected chi connectivity index (χ4v) is 3.16. The van der Waals surface area contributed by atoms with Crippen LogP contribution in [0.15, 0.2) is 22.7 Å². The van der Waals surface area contributed by atoms with Gasteiger partial charge in [0, 0.05) is 16.3 Å². The fraction of sp³-hybridized carbons (Fsp3) is 0.538. The summed E-state index contributed by atoms with van der Waals surface area (Å²) < 4.78 is 14.0. The molecule has 0 saturated heterocycles. The Bertz CT molecular complexity index is 326. The van der Waals surface area contributed by atoms with E-state index < -0.39 is 0 Å². The molecular weight excluding hydrogens is 301 g/mol. The molecule has 1 unspecified atom stereocenters. The number of rotatable bonds is 7. The second-order valence-electron chi connectivity index (χ2n) is 4.04. The quantitative estimate of drug-likeness (QED) is 0.766. The molecular formula is C13H19BrFNS. The van der Waals surface area contributed by atoms with Gasteiger partial charge in [0.25, 0.3) is 0 Å². The Labute approximate surface area is 116 Å². The molecule has 0 bridgehead atoms. The molecule has 1 aromatic carbocycles. The zero-order valence-corrected chi connectivity index (χ0v) is 12.7.